The van der Waals surface area contributed by atoms with E-state index in [0.717, 1.165) is 5.57 Å². The molecule has 0 amide bonds. The van der Waals surface area contributed by atoms with E-state index in [1.54, 1.807) is 13.8 Å². The van der Waals surface area contributed by atoms with Crippen LogP contribution in [0.25, 0.3) is 0 Å². The summed E-state index contributed by atoms with van der Waals surface area (Å²) in [7, 11) is 0. The van der Waals surface area contributed by atoms with Gasteiger partial charge in [-0.15, -0.1) is 0 Å². The Kier molecular flexibility index (Phi) is 3.18. The first-order valence-electron chi connectivity index (χ1n) is 6.08. The monoisotopic (exact) mass is 264 g/mol. The van der Waals surface area contributed by atoms with Gasteiger partial charge in [-0.25, -0.2) is 0 Å². The normalized spacial score (nSPS) is 26.6. The zero-order valence-corrected chi connectivity index (χ0v) is 10.9. The van der Waals surface area contributed by atoms with Crippen LogP contribution in [-0.2, 0) is 9.53 Å². The van der Waals surface area contributed by atoms with Crippen molar-refractivity contribution in [3.05, 3.63) is 45.0 Å². The van der Waals surface area contributed by atoms with Crippen molar-refractivity contribution < 1.29 is 14.5 Å². The SMILES string of the molecule is CC=C(N)C(=O)C1(C)CC([N+](=O)[O-])=CC2=C1OCC2. The molecule has 19 heavy (non-hydrogen) atoms. The lowest BCUT2D eigenvalue weighted by atomic mass is 9.73. The van der Waals surface area contributed by atoms with Crippen molar-refractivity contribution in [3.63, 3.8) is 0 Å². The Labute approximate surface area is 110 Å². The molecule has 0 fully saturated rings. The third-order valence-electron chi connectivity index (χ3n) is 3.59. The van der Waals surface area contributed by atoms with Crippen molar-refractivity contribution in [1.29, 1.82) is 0 Å². The Morgan fingerprint density at radius 2 is 2.32 bits per heavy atom. The fourth-order valence-corrected chi connectivity index (χ4v) is 2.57. The quantitative estimate of drug-likeness (QED) is 0.475. The van der Waals surface area contributed by atoms with Crippen molar-refractivity contribution in [2.24, 2.45) is 11.1 Å². The van der Waals surface area contributed by atoms with E-state index in [2.05, 4.69) is 0 Å². The molecule has 1 atom stereocenters. The van der Waals surface area contributed by atoms with Gasteiger partial charge < -0.3 is 10.5 Å². The lowest BCUT2D eigenvalue weighted by molar-refractivity contribution is -0.429. The molecular weight excluding hydrogens is 248 g/mol. The topological polar surface area (TPSA) is 95.5 Å². The van der Waals surface area contributed by atoms with Gasteiger partial charge in [0.25, 0.3) is 0 Å². The minimum absolute atomic E-state index is 0.00616. The standard InChI is InChI=1S/C13H16N2O4/c1-3-10(14)11(16)13(2)7-9(15(17)18)6-8-4-5-19-12(8)13/h3,6H,4-5,7,14H2,1-2H3. The Bertz CT molecular complexity index is 545. The summed E-state index contributed by atoms with van der Waals surface area (Å²) in [4.78, 5) is 23.0. The first kappa shape index (κ1) is 13.3. The minimum Gasteiger partial charge on any atom is -0.496 e. The Morgan fingerprint density at radius 1 is 1.63 bits per heavy atom. The second-order valence-corrected chi connectivity index (χ2v) is 4.93. The molecule has 0 saturated carbocycles. The van der Waals surface area contributed by atoms with Crippen LogP contribution >= 0.6 is 0 Å². The maximum atomic E-state index is 12.4. The molecule has 1 aliphatic heterocycles. The van der Waals surface area contributed by atoms with Crippen LogP contribution in [0.15, 0.2) is 34.9 Å². The van der Waals surface area contributed by atoms with E-state index in [0.29, 0.717) is 18.8 Å². The fraction of sp³-hybridized carbons (Fsp3) is 0.462. The molecule has 1 heterocycles. The van der Waals surface area contributed by atoms with Gasteiger partial charge in [0.15, 0.2) is 5.78 Å². The molecule has 0 bridgehead atoms. The first-order chi connectivity index (χ1) is 8.90. The number of ether oxygens (including phenoxy) is 1. The number of hydrogen-bond acceptors (Lipinski definition) is 5. The molecule has 0 aromatic rings. The molecule has 102 valence electrons. The van der Waals surface area contributed by atoms with Crippen molar-refractivity contribution in [3.8, 4) is 0 Å². The van der Waals surface area contributed by atoms with Crippen molar-refractivity contribution >= 4 is 5.78 Å². The second kappa shape index (κ2) is 4.53. The van der Waals surface area contributed by atoms with Gasteiger partial charge in [-0.2, -0.15) is 0 Å². The van der Waals surface area contributed by atoms with Crippen LogP contribution in [0.1, 0.15) is 26.7 Å². The van der Waals surface area contributed by atoms with E-state index in [1.165, 1.54) is 12.2 Å². The van der Waals surface area contributed by atoms with Crippen LogP contribution in [0.5, 0.6) is 0 Å². The highest BCUT2D eigenvalue weighted by Gasteiger charge is 2.48. The summed E-state index contributed by atoms with van der Waals surface area (Å²) in [6, 6.07) is 0. The molecule has 1 unspecified atom stereocenters. The van der Waals surface area contributed by atoms with Gasteiger partial charge in [0.2, 0.25) is 5.70 Å². The molecule has 0 aromatic heterocycles. The van der Waals surface area contributed by atoms with Gasteiger partial charge in [-0.3, -0.25) is 14.9 Å². The van der Waals surface area contributed by atoms with Gasteiger partial charge in [0, 0.05) is 18.1 Å². The second-order valence-electron chi connectivity index (χ2n) is 4.93. The molecule has 0 radical (unpaired) electrons. The molecule has 6 nitrogen and oxygen atoms in total. The van der Waals surface area contributed by atoms with Gasteiger partial charge in [0.05, 0.1) is 29.1 Å². The maximum Gasteiger partial charge on any atom is 0.248 e. The smallest absolute Gasteiger partial charge is 0.248 e. The predicted octanol–water partition coefficient (Wildman–Crippen LogP) is 1.66. The van der Waals surface area contributed by atoms with E-state index in [4.69, 9.17) is 10.5 Å². The Balaban J connectivity index is 2.50. The van der Waals surface area contributed by atoms with Crippen molar-refractivity contribution in [2.75, 3.05) is 6.61 Å². The number of rotatable bonds is 3. The maximum absolute atomic E-state index is 12.4. The van der Waals surface area contributed by atoms with Crippen LogP contribution in [-0.4, -0.2) is 17.3 Å². The highest BCUT2D eigenvalue weighted by atomic mass is 16.6. The molecule has 0 saturated heterocycles. The first-order valence-corrected chi connectivity index (χ1v) is 6.08. The van der Waals surface area contributed by atoms with Gasteiger partial charge in [0.1, 0.15) is 5.76 Å². The molecule has 6 heteroatoms. The third-order valence-corrected chi connectivity index (χ3v) is 3.59. The van der Waals surface area contributed by atoms with E-state index in [-0.39, 0.29) is 23.6 Å². The molecule has 0 spiro atoms. The number of nitrogens with zero attached hydrogens (tertiary/aromatic N) is 1. The zero-order chi connectivity index (χ0) is 14.2. The Hall–Kier alpha value is -2.11. The number of ketones is 1. The Morgan fingerprint density at radius 3 is 2.89 bits per heavy atom. The summed E-state index contributed by atoms with van der Waals surface area (Å²) in [5.41, 5.74) is 5.48. The van der Waals surface area contributed by atoms with Crippen LogP contribution in [0.3, 0.4) is 0 Å². The van der Waals surface area contributed by atoms with Crippen LogP contribution < -0.4 is 5.73 Å². The fourth-order valence-electron chi connectivity index (χ4n) is 2.57. The number of nitrogens with two attached hydrogens (primary N) is 1. The molecular formula is C13H16N2O4. The van der Waals surface area contributed by atoms with Crippen LogP contribution in [0.4, 0.5) is 0 Å². The third kappa shape index (κ3) is 2.03. The average molecular weight is 264 g/mol. The predicted molar refractivity (Wildman–Crippen MR) is 68.3 cm³/mol. The van der Waals surface area contributed by atoms with E-state index < -0.39 is 10.3 Å². The number of nitro groups is 1. The number of Topliss-reactive ketones (excluding diaryl/α,β-unsaturated/α-hetero) is 1. The average Bonchev–Trinajstić information content (AvgIpc) is 2.85. The summed E-state index contributed by atoms with van der Waals surface area (Å²) in [5, 5.41) is 11.0. The minimum atomic E-state index is -1.07. The lowest BCUT2D eigenvalue weighted by Gasteiger charge is -2.30. The van der Waals surface area contributed by atoms with Crippen LogP contribution in [0.2, 0.25) is 0 Å². The van der Waals surface area contributed by atoms with Crippen LogP contribution in [0, 0.1) is 15.5 Å². The molecule has 2 rings (SSSR count). The lowest BCUT2D eigenvalue weighted by Crippen LogP contribution is -2.37. The van der Waals surface area contributed by atoms with E-state index in [9.17, 15) is 14.9 Å². The highest BCUT2D eigenvalue weighted by molar-refractivity contribution is 6.01. The van der Waals surface area contributed by atoms with Crippen molar-refractivity contribution in [2.45, 2.75) is 26.7 Å². The number of carbonyl (C=O) groups excluding carboxylic acids is 1. The summed E-state index contributed by atoms with van der Waals surface area (Å²) < 4.78 is 5.53. The largest absolute Gasteiger partial charge is 0.496 e. The van der Waals surface area contributed by atoms with Gasteiger partial charge in [-0.1, -0.05) is 6.08 Å². The summed E-state index contributed by atoms with van der Waals surface area (Å²) >= 11 is 0. The van der Waals surface area contributed by atoms with Gasteiger partial charge in [-0.05, 0) is 13.8 Å². The van der Waals surface area contributed by atoms with Gasteiger partial charge >= 0.3 is 0 Å². The number of carbonyl (C=O) groups is 1. The molecule has 2 aliphatic rings. The van der Waals surface area contributed by atoms with E-state index in [1.807, 2.05) is 0 Å². The zero-order valence-electron chi connectivity index (χ0n) is 10.9. The number of hydrogen-bond donors (Lipinski definition) is 1. The number of allylic oxidation sites excluding steroid dienone is 5. The highest BCUT2D eigenvalue weighted by Crippen LogP contribution is 2.46. The van der Waals surface area contributed by atoms with E-state index >= 15 is 0 Å². The summed E-state index contributed by atoms with van der Waals surface area (Å²) in [6.45, 7) is 3.77. The molecule has 0 aromatic carbocycles. The van der Waals surface area contributed by atoms with Crippen molar-refractivity contribution in [1.82, 2.24) is 0 Å². The molecule has 2 N–H and O–H groups in total. The molecule has 1 aliphatic carbocycles. The summed E-state index contributed by atoms with van der Waals surface area (Å²) in [6.07, 6.45) is 3.62. The summed E-state index contributed by atoms with van der Waals surface area (Å²) in [5.74, 6) is 0.213.